The number of fused-ring (bicyclic) bond motifs is 1. The molecule has 0 bridgehead atoms. The number of anilines is 1. The Kier molecular flexibility index (Phi) is 2.94. The second-order valence-corrected chi connectivity index (χ2v) is 5.83. The molecule has 1 saturated heterocycles. The van der Waals surface area contributed by atoms with Crippen molar-refractivity contribution in [1.29, 1.82) is 0 Å². The van der Waals surface area contributed by atoms with E-state index < -0.39 is 0 Å². The molecule has 2 heterocycles. The predicted molar refractivity (Wildman–Crippen MR) is 78.6 cm³/mol. The van der Waals surface area contributed by atoms with Crippen LogP contribution in [0.2, 0.25) is 0 Å². The molecule has 1 aliphatic rings. The summed E-state index contributed by atoms with van der Waals surface area (Å²) < 4.78 is 5.64. The topological polar surface area (TPSA) is 71.3 Å². The van der Waals surface area contributed by atoms with E-state index in [1.165, 1.54) is 0 Å². The smallest absolute Gasteiger partial charge is 0.270 e. The number of hydrogen-bond donors (Lipinski definition) is 2. The molecule has 5 heteroatoms. The van der Waals surface area contributed by atoms with E-state index in [9.17, 15) is 4.79 Å². The first-order valence-electron chi connectivity index (χ1n) is 6.77. The number of nitrogens with two attached hydrogens (primary N) is 1. The van der Waals surface area contributed by atoms with Crippen LogP contribution in [0, 0.1) is 0 Å². The molecule has 2 aromatic rings. The highest BCUT2D eigenvalue weighted by atomic mass is 16.5. The fourth-order valence-electron chi connectivity index (χ4n) is 2.66. The van der Waals surface area contributed by atoms with Gasteiger partial charge in [-0.2, -0.15) is 0 Å². The molecule has 0 aliphatic carbocycles. The molecule has 3 rings (SSSR count). The normalized spacial score (nSPS) is 18.4. The van der Waals surface area contributed by atoms with Gasteiger partial charge in [0.05, 0.1) is 23.4 Å². The molecule has 20 heavy (non-hydrogen) atoms. The highest BCUT2D eigenvalue weighted by molar-refractivity contribution is 6.00. The van der Waals surface area contributed by atoms with Gasteiger partial charge in [-0.25, -0.2) is 0 Å². The molecule has 1 aliphatic heterocycles. The van der Waals surface area contributed by atoms with E-state index in [4.69, 9.17) is 10.5 Å². The number of nitrogens with one attached hydrogen (secondary N) is 1. The Morgan fingerprint density at radius 3 is 2.95 bits per heavy atom. The molecule has 1 amide bonds. The Morgan fingerprint density at radius 1 is 1.45 bits per heavy atom. The summed E-state index contributed by atoms with van der Waals surface area (Å²) in [5.74, 6) is -0.00280. The van der Waals surface area contributed by atoms with Crippen LogP contribution < -0.4 is 5.73 Å². The van der Waals surface area contributed by atoms with E-state index in [2.05, 4.69) is 4.98 Å². The van der Waals surface area contributed by atoms with Gasteiger partial charge in [0.1, 0.15) is 5.69 Å². The maximum absolute atomic E-state index is 12.6. The molecule has 0 spiro atoms. The zero-order valence-electron chi connectivity index (χ0n) is 11.8. The molecule has 0 atom stereocenters. The molecular formula is C15H19N3O2. The molecule has 5 nitrogen and oxygen atoms in total. The minimum Gasteiger partial charge on any atom is -0.397 e. The Morgan fingerprint density at radius 2 is 2.25 bits per heavy atom. The molecule has 0 unspecified atom stereocenters. The summed E-state index contributed by atoms with van der Waals surface area (Å²) in [5.41, 5.74) is 7.68. The predicted octanol–water partition coefficient (Wildman–Crippen LogP) is 2.00. The Hall–Kier alpha value is -2.01. The molecule has 3 N–H and O–H groups in total. The fraction of sp³-hybridized carbons (Fsp3) is 0.400. The number of amides is 1. The number of carbonyl (C=O) groups is 1. The number of hydrogen-bond acceptors (Lipinski definition) is 3. The quantitative estimate of drug-likeness (QED) is 0.781. The standard InChI is InChI=1S/C15H19N3O2/c1-15(2)9-18(6-7-20-15)14(19)12-8-10-4-3-5-11(16)13(10)17-12/h3-5,8,17H,6-7,9,16H2,1-2H3. The van der Waals surface area contributed by atoms with Crippen molar-refractivity contribution in [3.63, 3.8) is 0 Å². The molecule has 0 radical (unpaired) electrons. The third kappa shape index (κ3) is 2.25. The van der Waals surface area contributed by atoms with Crippen molar-refractivity contribution in [2.24, 2.45) is 0 Å². The van der Waals surface area contributed by atoms with Crippen LogP contribution in [0.1, 0.15) is 24.3 Å². The van der Waals surface area contributed by atoms with Gasteiger partial charge in [0.15, 0.2) is 0 Å². The van der Waals surface area contributed by atoms with Crippen molar-refractivity contribution in [2.75, 3.05) is 25.4 Å². The van der Waals surface area contributed by atoms with Crippen molar-refractivity contribution in [3.8, 4) is 0 Å². The van der Waals surface area contributed by atoms with Crippen LogP contribution in [0.4, 0.5) is 5.69 Å². The molecule has 106 valence electrons. The van der Waals surface area contributed by atoms with Gasteiger partial charge in [0, 0.05) is 18.5 Å². The van der Waals surface area contributed by atoms with E-state index in [-0.39, 0.29) is 11.5 Å². The summed E-state index contributed by atoms with van der Waals surface area (Å²) in [6.45, 7) is 5.77. The lowest BCUT2D eigenvalue weighted by atomic mass is 10.1. The van der Waals surface area contributed by atoms with Crippen molar-refractivity contribution >= 4 is 22.5 Å². The van der Waals surface area contributed by atoms with Crippen molar-refractivity contribution in [1.82, 2.24) is 9.88 Å². The first kappa shape index (κ1) is 13.0. The average Bonchev–Trinajstić information content (AvgIpc) is 2.82. The summed E-state index contributed by atoms with van der Waals surface area (Å²) in [6.07, 6.45) is 0. The number of nitrogen functional groups attached to an aromatic ring is 1. The zero-order valence-corrected chi connectivity index (χ0v) is 11.8. The minimum absolute atomic E-state index is 0.00280. The Bertz CT molecular complexity index is 660. The number of aromatic nitrogens is 1. The van der Waals surface area contributed by atoms with Crippen LogP contribution in [-0.4, -0.2) is 41.1 Å². The van der Waals surface area contributed by atoms with Gasteiger partial charge in [0.25, 0.3) is 5.91 Å². The third-order valence-corrected chi connectivity index (χ3v) is 3.63. The van der Waals surface area contributed by atoms with Gasteiger partial charge in [0.2, 0.25) is 0 Å². The summed E-state index contributed by atoms with van der Waals surface area (Å²) in [5, 5.41) is 0.959. The Labute approximate surface area is 117 Å². The average molecular weight is 273 g/mol. The van der Waals surface area contributed by atoms with Gasteiger partial charge in [-0.15, -0.1) is 0 Å². The van der Waals surface area contributed by atoms with Crippen LogP contribution in [-0.2, 0) is 4.74 Å². The van der Waals surface area contributed by atoms with Crippen molar-refractivity contribution in [2.45, 2.75) is 19.4 Å². The number of morpholine rings is 1. The second-order valence-electron chi connectivity index (χ2n) is 5.83. The fourth-order valence-corrected chi connectivity index (χ4v) is 2.66. The first-order chi connectivity index (χ1) is 9.46. The molecule has 1 aromatic heterocycles. The van der Waals surface area contributed by atoms with Gasteiger partial charge < -0.3 is 20.4 Å². The highest BCUT2D eigenvalue weighted by Crippen LogP contribution is 2.23. The van der Waals surface area contributed by atoms with Gasteiger partial charge in [-0.1, -0.05) is 12.1 Å². The number of H-pyrrole nitrogens is 1. The van der Waals surface area contributed by atoms with E-state index in [0.29, 0.717) is 31.1 Å². The Balaban J connectivity index is 1.91. The van der Waals surface area contributed by atoms with E-state index in [1.807, 2.05) is 43.0 Å². The number of carbonyl (C=O) groups excluding carboxylic acids is 1. The summed E-state index contributed by atoms with van der Waals surface area (Å²) in [4.78, 5) is 17.5. The third-order valence-electron chi connectivity index (χ3n) is 3.63. The highest BCUT2D eigenvalue weighted by Gasteiger charge is 2.30. The van der Waals surface area contributed by atoms with Gasteiger partial charge in [-0.3, -0.25) is 4.79 Å². The maximum Gasteiger partial charge on any atom is 0.270 e. The van der Waals surface area contributed by atoms with E-state index in [1.54, 1.807) is 0 Å². The van der Waals surface area contributed by atoms with Gasteiger partial charge >= 0.3 is 0 Å². The van der Waals surface area contributed by atoms with Crippen molar-refractivity contribution < 1.29 is 9.53 Å². The van der Waals surface area contributed by atoms with Gasteiger partial charge in [-0.05, 0) is 26.0 Å². The summed E-state index contributed by atoms with van der Waals surface area (Å²) in [6, 6.07) is 7.52. The summed E-state index contributed by atoms with van der Waals surface area (Å²) >= 11 is 0. The molecular weight excluding hydrogens is 254 g/mol. The lowest BCUT2D eigenvalue weighted by Crippen LogP contribution is -2.50. The number of benzene rings is 1. The number of rotatable bonds is 1. The lowest BCUT2D eigenvalue weighted by molar-refractivity contribution is -0.0764. The number of nitrogens with zero attached hydrogens (tertiary/aromatic N) is 1. The van der Waals surface area contributed by atoms with E-state index >= 15 is 0 Å². The second kappa shape index (κ2) is 4.52. The monoisotopic (exact) mass is 273 g/mol. The van der Waals surface area contributed by atoms with Crippen LogP contribution in [0.15, 0.2) is 24.3 Å². The summed E-state index contributed by atoms with van der Waals surface area (Å²) in [7, 11) is 0. The molecule has 1 aromatic carbocycles. The number of aromatic amines is 1. The molecule has 1 fully saturated rings. The number of ether oxygens (including phenoxy) is 1. The SMILES string of the molecule is CC1(C)CN(C(=O)c2cc3cccc(N)c3[nH]2)CCO1. The molecule has 0 saturated carbocycles. The van der Waals surface area contributed by atoms with Crippen LogP contribution in [0.3, 0.4) is 0 Å². The van der Waals surface area contributed by atoms with Crippen LogP contribution in [0.5, 0.6) is 0 Å². The number of para-hydroxylation sites is 1. The zero-order chi connectivity index (χ0) is 14.3. The van der Waals surface area contributed by atoms with Crippen molar-refractivity contribution in [3.05, 3.63) is 30.0 Å². The van der Waals surface area contributed by atoms with E-state index in [0.717, 1.165) is 10.9 Å². The van der Waals surface area contributed by atoms with Crippen LogP contribution >= 0.6 is 0 Å². The largest absolute Gasteiger partial charge is 0.397 e. The minimum atomic E-state index is -0.293. The first-order valence-corrected chi connectivity index (χ1v) is 6.77. The van der Waals surface area contributed by atoms with Crippen LogP contribution in [0.25, 0.3) is 10.9 Å². The lowest BCUT2D eigenvalue weighted by Gasteiger charge is -2.37. The maximum atomic E-state index is 12.6.